The van der Waals surface area contributed by atoms with Gasteiger partial charge in [0.25, 0.3) is 12.9 Å². The summed E-state index contributed by atoms with van der Waals surface area (Å²) in [4.78, 5) is 42.0. The predicted molar refractivity (Wildman–Crippen MR) is 119 cm³/mol. The van der Waals surface area contributed by atoms with E-state index >= 15 is 0 Å². The van der Waals surface area contributed by atoms with Crippen LogP contribution in [0, 0.1) is 0 Å². The summed E-state index contributed by atoms with van der Waals surface area (Å²) in [5, 5.41) is 99.6. The second kappa shape index (κ2) is 18.7. The van der Waals surface area contributed by atoms with Gasteiger partial charge in [-0.3, -0.25) is 9.59 Å². The van der Waals surface area contributed by atoms with Crippen LogP contribution in [-0.2, 0) is 52.6 Å². The molecule has 12 unspecified atom stereocenters. The molecule has 2 rings (SSSR count). The van der Waals surface area contributed by atoms with Crippen LogP contribution in [0.5, 0.6) is 0 Å². The molecule has 2 fully saturated rings. The third-order valence-corrected chi connectivity index (χ3v) is 5.38. The second-order valence-corrected chi connectivity index (χ2v) is 7.95. The van der Waals surface area contributed by atoms with Gasteiger partial charge in [-0.25, -0.2) is 20.1 Å². The molecule has 0 radical (unpaired) electrons. The van der Waals surface area contributed by atoms with Gasteiger partial charge in [-0.1, -0.05) is 5.04 Å². The lowest BCUT2D eigenvalue weighted by molar-refractivity contribution is -0.465. The minimum atomic E-state index is -2.54. The van der Waals surface area contributed by atoms with Crippen LogP contribution in [0.3, 0.4) is 0 Å². The number of methoxy groups -OCH3 is 1. The van der Waals surface area contributed by atoms with E-state index < -0.39 is 91.8 Å². The van der Waals surface area contributed by atoms with Gasteiger partial charge >= 0.3 is 11.9 Å². The van der Waals surface area contributed by atoms with Crippen molar-refractivity contribution in [2.24, 2.45) is 0 Å². The molecule has 0 saturated carbocycles. The van der Waals surface area contributed by atoms with E-state index in [9.17, 15) is 54.9 Å². The Balaban J connectivity index is 0. The molecule has 2 aliphatic rings. The first kappa shape index (κ1) is 38.3. The SMILES string of the molecule is COC1C(OC=O)OC(C)C(O)C1O.O=COC1OC(OC(C(O)C(=O)O)C(O)C(=O)O)C(O)C(O)C1O.OOO.[2HH]. The van der Waals surface area contributed by atoms with Crippen LogP contribution in [0.1, 0.15) is 8.35 Å². The molecule has 0 bridgehead atoms. The highest BCUT2D eigenvalue weighted by Crippen LogP contribution is 2.25. The molecule has 2 heterocycles. The number of aliphatic carboxylic acids is 2. The van der Waals surface area contributed by atoms with Gasteiger partial charge < -0.3 is 74.4 Å². The molecule has 0 aromatic rings. The van der Waals surface area contributed by atoms with E-state index in [1.54, 1.807) is 6.92 Å². The normalized spacial score (nSPS) is 35.1. The van der Waals surface area contributed by atoms with E-state index in [1.807, 2.05) is 0 Å². The number of hydrogen-bond acceptors (Lipinski definition) is 20. The quantitative estimate of drug-likeness (QED) is 0.0585. The van der Waals surface area contributed by atoms with E-state index in [2.05, 4.69) is 14.5 Å². The summed E-state index contributed by atoms with van der Waals surface area (Å²) in [6, 6.07) is 0. The molecule has 0 amide bonds. The fraction of sp³-hybridized carbons (Fsp3) is 0.789. The van der Waals surface area contributed by atoms with Crippen molar-refractivity contribution >= 4 is 24.9 Å². The van der Waals surface area contributed by atoms with Gasteiger partial charge in [0.1, 0.15) is 42.7 Å². The lowest BCUT2D eigenvalue weighted by Gasteiger charge is -2.40. The van der Waals surface area contributed by atoms with Crippen LogP contribution in [-0.4, -0.2) is 168 Å². The first-order chi connectivity index (χ1) is 19.1. The van der Waals surface area contributed by atoms with Crippen molar-refractivity contribution in [3.05, 3.63) is 0 Å². The highest BCUT2D eigenvalue weighted by Gasteiger charge is 2.49. The van der Waals surface area contributed by atoms with Crippen molar-refractivity contribution in [3.8, 4) is 0 Å². The number of rotatable bonds is 11. The van der Waals surface area contributed by atoms with Gasteiger partial charge in [0, 0.05) is 8.54 Å². The van der Waals surface area contributed by atoms with Crippen LogP contribution in [0.25, 0.3) is 0 Å². The molecule has 0 aliphatic carbocycles. The smallest absolute Gasteiger partial charge is 0.335 e. The van der Waals surface area contributed by atoms with Crippen molar-refractivity contribution in [3.63, 3.8) is 0 Å². The molecule has 41 heavy (non-hydrogen) atoms. The van der Waals surface area contributed by atoms with Gasteiger partial charge in [-0.15, -0.1) is 0 Å². The van der Waals surface area contributed by atoms with E-state index in [-0.39, 0.29) is 14.4 Å². The highest BCUT2D eigenvalue weighted by molar-refractivity contribution is 5.77. The summed E-state index contributed by atoms with van der Waals surface area (Å²) in [5.74, 6) is -3.90. The largest absolute Gasteiger partial charge is 0.479 e. The summed E-state index contributed by atoms with van der Waals surface area (Å²) in [5.41, 5.74) is 0. The second-order valence-electron chi connectivity index (χ2n) is 7.95. The molecule has 22 nitrogen and oxygen atoms in total. The number of carbonyl (C=O) groups excluding carboxylic acids is 2. The zero-order chi connectivity index (χ0) is 32.0. The third-order valence-electron chi connectivity index (χ3n) is 5.38. The minimum absolute atomic E-state index is 0. The minimum Gasteiger partial charge on any atom is -0.479 e. The molecule has 0 aromatic heterocycles. The Morgan fingerprint density at radius 1 is 0.756 bits per heavy atom. The number of aliphatic hydroxyl groups is 7. The van der Waals surface area contributed by atoms with E-state index in [4.69, 9.17) is 39.7 Å². The molecule has 0 spiro atoms. The van der Waals surface area contributed by atoms with Crippen molar-refractivity contribution in [2.75, 3.05) is 7.11 Å². The van der Waals surface area contributed by atoms with Crippen LogP contribution in [0.2, 0.25) is 0 Å². The first-order valence-electron chi connectivity index (χ1n) is 11.0. The monoisotopic (exact) mass is 615 g/mol. The Kier molecular flexibility index (Phi) is 17.5. The number of hydrogen-bond donors (Lipinski definition) is 11. The lowest BCUT2D eigenvalue weighted by atomic mass is 10.00. The number of carboxylic acid groups (broad SMARTS) is 2. The summed E-state index contributed by atoms with van der Waals surface area (Å²) in [6.45, 7) is 1.62. The summed E-state index contributed by atoms with van der Waals surface area (Å²) in [6.07, 6.45) is -21.8. The van der Waals surface area contributed by atoms with Gasteiger partial charge in [0.05, 0.1) is 6.10 Å². The van der Waals surface area contributed by atoms with E-state index in [0.29, 0.717) is 0 Å². The molecule has 0 aromatic carbocycles. The Morgan fingerprint density at radius 2 is 1.20 bits per heavy atom. The zero-order valence-corrected chi connectivity index (χ0v) is 21.1. The summed E-state index contributed by atoms with van der Waals surface area (Å²) in [7, 11) is 1.33. The molecule has 12 atom stereocenters. The van der Waals surface area contributed by atoms with Crippen molar-refractivity contribution < 1.29 is 111 Å². The Hall–Kier alpha value is -2.68. The average molecular weight is 615 g/mol. The lowest BCUT2D eigenvalue weighted by Crippen LogP contribution is -2.61. The Labute approximate surface area is 230 Å². The molecule has 2 aliphatic heterocycles. The number of carbonyl (C=O) groups is 4. The summed E-state index contributed by atoms with van der Waals surface area (Å²) >= 11 is 0. The fourth-order valence-electron chi connectivity index (χ4n) is 3.27. The highest BCUT2D eigenvalue weighted by atomic mass is 17.4. The zero-order valence-electron chi connectivity index (χ0n) is 21.1. The van der Waals surface area contributed by atoms with Crippen molar-refractivity contribution in [1.29, 1.82) is 0 Å². The number of aliphatic hydroxyl groups excluding tert-OH is 7. The van der Waals surface area contributed by atoms with Gasteiger partial charge in [0.15, 0.2) is 18.5 Å². The van der Waals surface area contributed by atoms with Crippen molar-refractivity contribution in [1.82, 2.24) is 0 Å². The molecule has 242 valence electrons. The molecule has 2 saturated heterocycles. The maximum Gasteiger partial charge on any atom is 0.335 e. The first-order valence-corrected chi connectivity index (χ1v) is 11.0. The predicted octanol–water partition coefficient (Wildman–Crippen LogP) is -5.96. The Bertz CT molecular complexity index is 784. The Morgan fingerprint density at radius 3 is 1.61 bits per heavy atom. The van der Waals surface area contributed by atoms with E-state index in [1.165, 1.54) is 7.11 Å². The van der Waals surface area contributed by atoms with Gasteiger partial charge in [-0.05, 0) is 6.92 Å². The van der Waals surface area contributed by atoms with Gasteiger partial charge in [0.2, 0.25) is 12.6 Å². The van der Waals surface area contributed by atoms with Crippen LogP contribution in [0.4, 0.5) is 0 Å². The molecule has 22 heteroatoms. The van der Waals surface area contributed by atoms with Crippen LogP contribution in [0.15, 0.2) is 0 Å². The van der Waals surface area contributed by atoms with Crippen LogP contribution >= 0.6 is 0 Å². The topological polar surface area (TPSA) is 355 Å². The maximum absolute atomic E-state index is 10.8. The third kappa shape index (κ3) is 10.9. The number of ether oxygens (including phenoxy) is 6. The standard InChI is InChI=1S/C11H16O13.C8H14O6.H2O3.H2/c12-1-22-10-3(14)2(13)4(15)11(24-10)23-7(5(16)8(18)19)6(17)9(20)21;1-4-5(10)6(11)7(12-2)8(14-4)13-3-9;1-3-2;/h1-7,10-11,13-17H,(H,18,19)(H,20,21);3-8,10-11H,1-2H3;1-2H;1H/i;;;1+1. The summed E-state index contributed by atoms with van der Waals surface area (Å²) < 4.78 is 28.4. The van der Waals surface area contributed by atoms with Crippen LogP contribution < -0.4 is 0 Å². The number of carboxylic acids is 2. The maximum atomic E-state index is 10.8. The molecule has 11 N–H and O–H groups in total. The fourth-order valence-corrected chi connectivity index (χ4v) is 3.27. The molecular formula is C19H34O22. The van der Waals surface area contributed by atoms with E-state index in [0.717, 1.165) is 0 Å². The van der Waals surface area contributed by atoms with Gasteiger partial charge in [-0.2, -0.15) is 0 Å². The average Bonchev–Trinajstić information content (AvgIpc) is 2.92. The molecular weight excluding hydrogens is 580 g/mol. The van der Waals surface area contributed by atoms with Crippen molar-refractivity contribution in [2.45, 2.75) is 86.8 Å².